The van der Waals surface area contributed by atoms with Crippen LogP contribution in [0.5, 0.6) is 0 Å². The second-order valence-electron chi connectivity index (χ2n) is 8.11. The van der Waals surface area contributed by atoms with Crippen LogP contribution in [0.2, 0.25) is 0 Å². The molecule has 0 saturated heterocycles. The zero-order valence-electron chi connectivity index (χ0n) is 21.6. The maximum absolute atomic E-state index is 13.0. The molecule has 0 bridgehead atoms. The number of thiophene rings is 1. The van der Waals surface area contributed by atoms with Crippen molar-refractivity contribution in [1.29, 1.82) is 0 Å². The minimum absolute atomic E-state index is 0.0199. The number of esters is 1. The number of amides is 3. The van der Waals surface area contributed by atoms with Gasteiger partial charge in [-0.15, -0.1) is 11.3 Å². The number of alkyl carbamates (subject to hydrolysis) is 1. The number of ether oxygens (including phenoxy) is 2. The van der Waals surface area contributed by atoms with Gasteiger partial charge in [-0.1, -0.05) is 17.7 Å². The summed E-state index contributed by atoms with van der Waals surface area (Å²) in [4.78, 5) is 50.2. The number of hydrogen-bond donors (Lipinski definition) is 3. The number of aryl methyl sites for hydroxylation is 1. The van der Waals surface area contributed by atoms with Crippen LogP contribution in [0.4, 0.5) is 15.5 Å². The Bertz CT molecular complexity index is 1500. The molecule has 2 aromatic carbocycles. The zero-order chi connectivity index (χ0) is 28.7. The molecule has 3 N–H and O–H groups in total. The molecule has 13 heteroatoms. The highest BCUT2D eigenvalue weighted by molar-refractivity contribution is 7.92. The van der Waals surface area contributed by atoms with Gasteiger partial charge in [-0.2, -0.15) is 0 Å². The van der Waals surface area contributed by atoms with Gasteiger partial charge in [-0.05, 0) is 69.7 Å². The van der Waals surface area contributed by atoms with Crippen molar-refractivity contribution in [1.82, 2.24) is 5.32 Å². The Balaban J connectivity index is 1.83. The third-order valence-corrected chi connectivity index (χ3v) is 7.87. The highest BCUT2D eigenvalue weighted by atomic mass is 32.2. The minimum Gasteiger partial charge on any atom is -0.462 e. The highest BCUT2D eigenvalue weighted by Crippen LogP contribution is 2.34. The van der Waals surface area contributed by atoms with Crippen LogP contribution in [0.15, 0.2) is 53.4 Å². The second-order valence-corrected chi connectivity index (χ2v) is 10.8. The molecule has 0 aliphatic heterocycles. The zero-order valence-corrected chi connectivity index (χ0v) is 23.2. The molecule has 0 radical (unpaired) electrons. The number of rotatable bonds is 9. The fourth-order valence-electron chi connectivity index (χ4n) is 3.39. The van der Waals surface area contributed by atoms with E-state index in [1.807, 2.05) is 6.92 Å². The van der Waals surface area contributed by atoms with Gasteiger partial charge in [-0.3, -0.25) is 19.6 Å². The first-order valence-electron chi connectivity index (χ1n) is 11.8. The molecule has 1 heterocycles. The number of carbonyl (C=O) groups is 4. The maximum Gasteiger partial charge on any atom is 0.414 e. The summed E-state index contributed by atoms with van der Waals surface area (Å²) in [7, 11) is -3.83. The number of benzene rings is 2. The summed E-state index contributed by atoms with van der Waals surface area (Å²) in [6, 6.07) is 12.0. The lowest BCUT2D eigenvalue weighted by molar-refractivity contribution is 0.0531. The van der Waals surface area contributed by atoms with Crippen molar-refractivity contribution in [2.45, 2.75) is 32.6 Å². The van der Waals surface area contributed by atoms with E-state index in [9.17, 15) is 27.6 Å². The van der Waals surface area contributed by atoms with E-state index in [4.69, 9.17) is 9.47 Å². The third kappa shape index (κ3) is 7.21. The smallest absolute Gasteiger partial charge is 0.414 e. The van der Waals surface area contributed by atoms with Gasteiger partial charge in [0, 0.05) is 11.3 Å². The first-order chi connectivity index (χ1) is 18.5. The van der Waals surface area contributed by atoms with Crippen LogP contribution in [0.25, 0.3) is 0 Å². The van der Waals surface area contributed by atoms with Gasteiger partial charge in [0.2, 0.25) is 0 Å². The first-order valence-corrected chi connectivity index (χ1v) is 14.1. The standard InChI is InChI=1S/C26H27N3O8S2/c1-5-36-25(32)21-16(4)20(23(31)28-26(33)37-6-2)24(38-21)27-22(30)17-9-11-18(12-10-17)29-39(34,35)19-13-7-15(3)8-14-19/h7-14,29H,5-6H2,1-4H3,(H,27,30)(H,28,31,33). The lowest BCUT2D eigenvalue weighted by atomic mass is 10.1. The van der Waals surface area contributed by atoms with Crippen LogP contribution in [-0.4, -0.2) is 45.5 Å². The van der Waals surface area contributed by atoms with Crippen LogP contribution in [0, 0.1) is 13.8 Å². The minimum atomic E-state index is -3.83. The molecule has 1 aromatic heterocycles. The maximum atomic E-state index is 13.0. The summed E-state index contributed by atoms with van der Waals surface area (Å²) in [5.41, 5.74) is 1.43. The van der Waals surface area contributed by atoms with E-state index < -0.39 is 33.9 Å². The van der Waals surface area contributed by atoms with Crippen molar-refractivity contribution in [2.75, 3.05) is 23.3 Å². The lowest BCUT2D eigenvalue weighted by Gasteiger charge is -2.10. The number of sulfonamides is 1. The number of anilines is 2. The summed E-state index contributed by atoms with van der Waals surface area (Å²) < 4.78 is 37.5. The SMILES string of the molecule is CCOC(=O)NC(=O)c1c(NC(=O)c2ccc(NS(=O)(=O)c3ccc(C)cc3)cc2)sc(C(=O)OCC)c1C. The van der Waals surface area contributed by atoms with Crippen LogP contribution < -0.4 is 15.4 Å². The summed E-state index contributed by atoms with van der Waals surface area (Å²) in [6.07, 6.45) is -0.980. The summed E-state index contributed by atoms with van der Waals surface area (Å²) in [5.74, 6) is -2.19. The number of imide groups is 1. The van der Waals surface area contributed by atoms with Gasteiger partial charge in [0.15, 0.2) is 0 Å². The van der Waals surface area contributed by atoms with Crippen molar-refractivity contribution in [2.24, 2.45) is 0 Å². The molecule has 3 rings (SSSR count). The lowest BCUT2D eigenvalue weighted by Crippen LogP contribution is -2.32. The predicted molar refractivity (Wildman–Crippen MR) is 146 cm³/mol. The van der Waals surface area contributed by atoms with E-state index in [-0.39, 0.29) is 50.4 Å². The molecule has 0 saturated carbocycles. The number of hydrogen-bond acceptors (Lipinski definition) is 9. The molecule has 0 unspecified atom stereocenters. The van der Waals surface area contributed by atoms with Crippen LogP contribution in [0.1, 0.15) is 55.4 Å². The van der Waals surface area contributed by atoms with Crippen molar-refractivity contribution < 1.29 is 37.1 Å². The van der Waals surface area contributed by atoms with Crippen molar-refractivity contribution >= 4 is 55.9 Å². The molecular weight excluding hydrogens is 546 g/mol. The Hall–Kier alpha value is -4.23. The molecule has 0 spiro atoms. The molecule has 0 fully saturated rings. The quantitative estimate of drug-likeness (QED) is 0.316. The van der Waals surface area contributed by atoms with Gasteiger partial charge < -0.3 is 14.8 Å². The van der Waals surface area contributed by atoms with Crippen molar-refractivity contribution in [3.8, 4) is 0 Å². The van der Waals surface area contributed by atoms with Gasteiger partial charge in [0.05, 0.1) is 23.7 Å². The first kappa shape index (κ1) is 29.3. The summed E-state index contributed by atoms with van der Waals surface area (Å²) in [5, 5.41) is 4.67. The summed E-state index contributed by atoms with van der Waals surface area (Å²) in [6.45, 7) is 6.68. The van der Waals surface area contributed by atoms with E-state index in [2.05, 4.69) is 15.4 Å². The topological polar surface area (TPSA) is 157 Å². The van der Waals surface area contributed by atoms with Crippen LogP contribution >= 0.6 is 11.3 Å². The normalized spacial score (nSPS) is 10.9. The second kappa shape index (κ2) is 12.5. The van der Waals surface area contributed by atoms with Gasteiger partial charge in [-0.25, -0.2) is 18.0 Å². The number of nitrogens with one attached hydrogen (secondary N) is 3. The largest absolute Gasteiger partial charge is 0.462 e. The molecular formula is C26H27N3O8S2. The Morgan fingerprint density at radius 1 is 0.846 bits per heavy atom. The van der Waals surface area contributed by atoms with E-state index in [1.165, 1.54) is 43.3 Å². The number of carbonyl (C=O) groups excluding carboxylic acids is 4. The molecule has 39 heavy (non-hydrogen) atoms. The van der Waals surface area contributed by atoms with Crippen LogP contribution in [0.3, 0.4) is 0 Å². The van der Waals surface area contributed by atoms with E-state index in [0.29, 0.717) is 0 Å². The van der Waals surface area contributed by atoms with Crippen LogP contribution in [-0.2, 0) is 19.5 Å². The molecule has 11 nitrogen and oxygen atoms in total. The van der Waals surface area contributed by atoms with Crippen molar-refractivity contribution in [3.63, 3.8) is 0 Å². The Kier molecular flexibility index (Phi) is 9.43. The van der Waals surface area contributed by atoms with Gasteiger partial charge in [0.1, 0.15) is 9.88 Å². The monoisotopic (exact) mass is 573 g/mol. The Morgan fingerprint density at radius 2 is 1.46 bits per heavy atom. The molecule has 0 aliphatic rings. The fourth-order valence-corrected chi connectivity index (χ4v) is 5.54. The average Bonchev–Trinajstić information content (AvgIpc) is 3.20. The Labute approximate surface area is 229 Å². The van der Waals surface area contributed by atoms with Gasteiger partial charge in [0.25, 0.3) is 21.8 Å². The molecule has 3 aromatic rings. The summed E-state index contributed by atoms with van der Waals surface area (Å²) >= 11 is 0.824. The highest BCUT2D eigenvalue weighted by Gasteiger charge is 2.28. The molecule has 206 valence electrons. The predicted octanol–water partition coefficient (Wildman–Crippen LogP) is 4.48. The van der Waals surface area contributed by atoms with E-state index in [0.717, 1.165) is 16.9 Å². The average molecular weight is 574 g/mol. The molecule has 3 amide bonds. The van der Waals surface area contributed by atoms with Crippen molar-refractivity contribution in [3.05, 3.63) is 75.7 Å². The van der Waals surface area contributed by atoms with E-state index >= 15 is 0 Å². The molecule has 0 aliphatic carbocycles. The third-order valence-electron chi connectivity index (χ3n) is 5.28. The Morgan fingerprint density at radius 3 is 2.05 bits per heavy atom. The molecule has 0 atom stereocenters. The fraction of sp³-hybridized carbons (Fsp3) is 0.231. The van der Waals surface area contributed by atoms with Gasteiger partial charge >= 0.3 is 12.1 Å². The van der Waals surface area contributed by atoms with E-state index in [1.54, 1.807) is 26.0 Å².